The molecule has 0 fully saturated rings. The van der Waals surface area contributed by atoms with Crippen molar-refractivity contribution in [3.8, 4) is 11.8 Å². The SMILES string of the molecule is COC(=O)c1cc(Cl)nnc1OC.COc1nnc(Cl)cc1C(C)(C)O. The lowest BCUT2D eigenvalue weighted by Gasteiger charge is -2.19. The Morgan fingerprint density at radius 1 is 0.962 bits per heavy atom. The van der Waals surface area contributed by atoms with Crippen molar-refractivity contribution in [1.82, 2.24) is 20.4 Å². The Balaban J connectivity index is 0.000000260. The molecule has 1 N–H and O–H groups in total. The maximum Gasteiger partial charge on any atom is 0.343 e. The van der Waals surface area contributed by atoms with Crippen LogP contribution in [0.25, 0.3) is 0 Å². The number of aromatic nitrogens is 4. The molecular weight excluding hydrogens is 387 g/mol. The molecule has 2 rings (SSSR count). The van der Waals surface area contributed by atoms with Crippen molar-refractivity contribution in [2.24, 2.45) is 0 Å². The quantitative estimate of drug-likeness (QED) is 0.765. The minimum atomic E-state index is -1.04. The highest BCUT2D eigenvalue weighted by Gasteiger charge is 2.22. The van der Waals surface area contributed by atoms with Gasteiger partial charge in [0.2, 0.25) is 11.8 Å². The predicted molar refractivity (Wildman–Crippen MR) is 93.8 cm³/mol. The summed E-state index contributed by atoms with van der Waals surface area (Å²) in [6, 6.07) is 2.87. The Morgan fingerprint density at radius 2 is 1.46 bits per heavy atom. The van der Waals surface area contributed by atoms with Crippen molar-refractivity contribution in [1.29, 1.82) is 0 Å². The highest BCUT2D eigenvalue weighted by Crippen LogP contribution is 2.28. The van der Waals surface area contributed by atoms with E-state index < -0.39 is 11.6 Å². The Bertz CT molecular complexity index is 768. The van der Waals surface area contributed by atoms with Crippen LogP contribution in [-0.2, 0) is 10.3 Å². The Labute approximate surface area is 160 Å². The fourth-order valence-corrected chi connectivity index (χ4v) is 2.00. The fourth-order valence-electron chi connectivity index (χ4n) is 1.71. The van der Waals surface area contributed by atoms with Crippen molar-refractivity contribution in [2.45, 2.75) is 19.4 Å². The van der Waals surface area contributed by atoms with Crippen LogP contribution in [0.3, 0.4) is 0 Å². The van der Waals surface area contributed by atoms with Crippen LogP contribution < -0.4 is 9.47 Å². The van der Waals surface area contributed by atoms with Gasteiger partial charge in [0.05, 0.1) is 26.9 Å². The van der Waals surface area contributed by atoms with E-state index in [1.54, 1.807) is 13.8 Å². The molecule has 11 heteroatoms. The van der Waals surface area contributed by atoms with Crippen LogP contribution in [0.5, 0.6) is 11.8 Å². The lowest BCUT2D eigenvalue weighted by Crippen LogP contribution is -2.17. The highest BCUT2D eigenvalue weighted by molar-refractivity contribution is 6.29. The summed E-state index contributed by atoms with van der Waals surface area (Å²) >= 11 is 11.2. The number of aliphatic hydroxyl groups is 1. The summed E-state index contributed by atoms with van der Waals surface area (Å²) < 4.78 is 14.2. The Kier molecular flexibility index (Phi) is 7.94. The third kappa shape index (κ3) is 5.94. The largest absolute Gasteiger partial charge is 0.480 e. The third-order valence-electron chi connectivity index (χ3n) is 2.91. The number of nitrogens with zero attached hydrogens (tertiary/aromatic N) is 4. The summed E-state index contributed by atoms with van der Waals surface area (Å²) in [6.45, 7) is 3.26. The normalized spacial score (nSPS) is 10.5. The maximum atomic E-state index is 11.1. The van der Waals surface area contributed by atoms with Crippen molar-refractivity contribution in [3.05, 3.63) is 33.6 Å². The minimum Gasteiger partial charge on any atom is -0.480 e. The number of carbonyl (C=O) groups excluding carboxylic acids is 1. The molecular formula is C15H18Cl2N4O5. The first-order valence-electron chi connectivity index (χ1n) is 7.09. The summed E-state index contributed by atoms with van der Waals surface area (Å²) in [7, 11) is 4.10. The molecule has 26 heavy (non-hydrogen) atoms. The smallest absolute Gasteiger partial charge is 0.343 e. The predicted octanol–water partition coefficient (Wildman–Crippen LogP) is 2.29. The number of hydrogen-bond donors (Lipinski definition) is 1. The zero-order chi connectivity index (χ0) is 19.9. The molecule has 0 aliphatic carbocycles. The summed E-state index contributed by atoms with van der Waals surface area (Å²) in [6.07, 6.45) is 0. The van der Waals surface area contributed by atoms with E-state index in [9.17, 15) is 9.90 Å². The van der Waals surface area contributed by atoms with E-state index in [4.69, 9.17) is 32.7 Å². The van der Waals surface area contributed by atoms with Crippen LogP contribution >= 0.6 is 23.2 Å². The van der Waals surface area contributed by atoms with Crippen LogP contribution in [0, 0.1) is 0 Å². The van der Waals surface area contributed by atoms with Crippen LogP contribution in [-0.4, -0.2) is 52.8 Å². The van der Waals surface area contributed by atoms with Gasteiger partial charge in [-0.1, -0.05) is 23.2 Å². The van der Waals surface area contributed by atoms with E-state index in [1.165, 1.54) is 33.5 Å². The molecule has 9 nitrogen and oxygen atoms in total. The van der Waals surface area contributed by atoms with E-state index in [2.05, 4.69) is 25.1 Å². The highest BCUT2D eigenvalue weighted by atomic mass is 35.5. The standard InChI is InChI=1S/C8H11ClN2O2.C7H7ClN2O3/c1-8(2,12)5-4-6(9)10-11-7(5)13-3;1-12-6-4(7(11)13-2)3-5(8)9-10-6/h4,12H,1-3H3;3H,1-2H3. The molecule has 0 aromatic carbocycles. The first kappa shape index (κ1) is 21.8. The zero-order valence-corrected chi connectivity index (χ0v) is 16.3. The maximum absolute atomic E-state index is 11.1. The summed E-state index contributed by atoms with van der Waals surface area (Å²) in [5.74, 6) is -0.179. The van der Waals surface area contributed by atoms with Crippen LogP contribution in [0.15, 0.2) is 12.1 Å². The monoisotopic (exact) mass is 404 g/mol. The molecule has 0 radical (unpaired) electrons. The molecule has 0 aliphatic rings. The summed E-state index contributed by atoms with van der Waals surface area (Å²) in [5, 5.41) is 24.4. The molecule has 0 saturated carbocycles. The first-order chi connectivity index (χ1) is 12.1. The van der Waals surface area contributed by atoms with Crippen molar-refractivity contribution < 1.29 is 24.1 Å². The number of hydrogen-bond acceptors (Lipinski definition) is 9. The van der Waals surface area contributed by atoms with Crippen LogP contribution in [0.4, 0.5) is 0 Å². The van der Waals surface area contributed by atoms with E-state index in [0.29, 0.717) is 5.56 Å². The molecule has 2 aromatic heterocycles. The van der Waals surface area contributed by atoms with E-state index >= 15 is 0 Å². The topological polar surface area (TPSA) is 117 Å². The van der Waals surface area contributed by atoms with Gasteiger partial charge in [-0.25, -0.2) is 4.79 Å². The molecule has 0 amide bonds. The Hall–Kier alpha value is -2.23. The van der Waals surface area contributed by atoms with Gasteiger partial charge in [-0.3, -0.25) is 0 Å². The fraction of sp³-hybridized carbons (Fsp3) is 0.400. The molecule has 2 aromatic rings. The zero-order valence-electron chi connectivity index (χ0n) is 14.8. The number of halogens is 2. The second kappa shape index (κ2) is 9.46. The molecule has 0 saturated heterocycles. The number of carbonyl (C=O) groups is 1. The molecule has 0 atom stereocenters. The molecule has 142 valence electrons. The van der Waals surface area contributed by atoms with Gasteiger partial charge in [0.1, 0.15) is 5.56 Å². The second-order valence-corrected chi connectivity index (χ2v) is 6.01. The van der Waals surface area contributed by atoms with Gasteiger partial charge >= 0.3 is 5.97 Å². The third-order valence-corrected chi connectivity index (χ3v) is 3.28. The molecule has 0 unspecified atom stereocenters. The number of ether oxygens (including phenoxy) is 3. The second-order valence-electron chi connectivity index (χ2n) is 5.23. The Morgan fingerprint density at radius 3 is 1.92 bits per heavy atom. The van der Waals surface area contributed by atoms with Gasteiger partial charge < -0.3 is 19.3 Å². The number of methoxy groups -OCH3 is 3. The average Bonchev–Trinajstić information content (AvgIpc) is 2.60. The van der Waals surface area contributed by atoms with Gasteiger partial charge in [-0.05, 0) is 26.0 Å². The van der Waals surface area contributed by atoms with Crippen LogP contribution in [0.1, 0.15) is 29.8 Å². The van der Waals surface area contributed by atoms with Crippen molar-refractivity contribution in [2.75, 3.05) is 21.3 Å². The van der Waals surface area contributed by atoms with E-state index in [1.807, 2.05) is 0 Å². The van der Waals surface area contributed by atoms with Crippen molar-refractivity contribution in [3.63, 3.8) is 0 Å². The minimum absolute atomic E-state index is 0.0938. The number of esters is 1. The van der Waals surface area contributed by atoms with Gasteiger partial charge in [0.25, 0.3) is 0 Å². The van der Waals surface area contributed by atoms with Crippen molar-refractivity contribution >= 4 is 29.2 Å². The first-order valence-corrected chi connectivity index (χ1v) is 7.85. The lowest BCUT2D eigenvalue weighted by molar-refractivity contribution is 0.0595. The molecule has 0 spiro atoms. The molecule has 0 bridgehead atoms. The van der Waals surface area contributed by atoms with Gasteiger partial charge in [0.15, 0.2) is 10.3 Å². The summed E-state index contributed by atoms with van der Waals surface area (Å²) in [5.41, 5.74) is -0.356. The van der Waals surface area contributed by atoms with Gasteiger partial charge in [-0.15, -0.1) is 20.4 Å². The van der Waals surface area contributed by atoms with Gasteiger partial charge in [-0.2, -0.15) is 0 Å². The lowest BCUT2D eigenvalue weighted by atomic mass is 10.0. The number of rotatable bonds is 4. The molecule has 2 heterocycles. The molecule has 0 aliphatic heterocycles. The summed E-state index contributed by atoms with van der Waals surface area (Å²) in [4.78, 5) is 11.1. The van der Waals surface area contributed by atoms with E-state index in [-0.39, 0.29) is 27.6 Å². The van der Waals surface area contributed by atoms with E-state index in [0.717, 1.165) is 0 Å². The average molecular weight is 405 g/mol. The van der Waals surface area contributed by atoms with Crippen LogP contribution in [0.2, 0.25) is 10.3 Å². The van der Waals surface area contributed by atoms with Gasteiger partial charge in [0, 0.05) is 5.56 Å².